The number of rotatable bonds is 2. The predicted molar refractivity (Wildman–Crippen MR) is 85.6 cm³/mol. The van der Waals surface area contributed by atoms with Gasteiger partial charge in [-0.1, -0.05) is 11.8 Å². The fraction of sp³-hybridized carbons (Fsp3) is 0.750. The average molecular weight is 306 g/mol. The van der Waals surface area contributed by atoms with E-state index in [0.717, 1.165) is 12.8 Å². The van der Waals surface area contributed by atoms with Gasteiger partial charge in [-0.2, -0.15) is 0 Å². The van der Waals surface area contributed by atoms with E-state index in [1.807, 2.05) is 20.8 Å². The van der Waals surface area contributed by atoms with Gasteiger partial charge in [-0.25, -0.2) is 4.79 Å². The molecule has 1 atom stereocenters. The third kappa shape index (κ3) is 4.92. The van der Waals surface area contributed by atoms with Crippen molar-refractivity contribution in [3.8, 4) is 11.8 Å². The second kappa shape index (κ2) is 6.57. The largest absolute Gasteiger partial charge is 0.444 e. The van der Waals surface area contributed by atoms with Crippen LogP contribution in [0.25, 0.3) is 0 Å². The normalized spacial score (nSPS) is 20.8. The lowest BCUT2D eigenvalue weighted by atomic mass is 10.2. The fourth-order valence-electron chi connectivity index (χ4n) is 2.28. The zero-order chi connectivity index (χ0) is 16.3. The van der Waals surface area contributed by atoms with E-state index in [2.05, 4.69) is 16.7 Å². The first kappa shape index (κ1) is 16.6. The van der Waals surface area contributed by atoms with E-state index in [-0.39, 0.29) is 18.0 Å². The molecule has 1 saturated heterocycles. The molecule has 2 rings (SSSR count). The van der Waals surface area contributed by atoms with Crippen LogP contribution in [0, 0.1) is 23.2 Å². The Labute approximate surface area is 132 Å². The highest BCUT2D eigenvalue weighted by molar-refractivity contribution is 5.86. The Bertz CT molecular complexity index is 489. The van der Waals surface area contributed by atoms with E-state index >= 15 is 0 Å². The highest BCUT2D eigenvalue weighted by Gasteiger charge is 2.29. The van der Waals surface area contributed by atoms with E-state index < -0.39 is 5.60 Å². The van der Waals surface area contributed by atoms with Crippen molar-refractivity contribution < 1.29 is 9.53 Å². The van der Waals surface area contributed by atoms with Gasteiger partial charge >= 0.3 is 6.09 Å². The van der Waals surface area contributed by atoms with Crippen LogP contribution >= 0.6 is 0 Å². The minimum Gasteiger partial charge on any atom is -0.444 e. The van der Waals surface area contributed by atoms with Crippen molar-refractivity contribution in [2.75, 3.05) is 26.2 Å². The molecule has 2 aliphatic rings. The Balaban J connectivity index is 1.88. The summed E-state index contributed by atoms with van der Waals surface area (Å²) in [6.07, 6.45) is 2.03. The molecule has 0 spiro atoms. The first-order valence-electron chi connectivity index (χ1n) is 7.83. The smallest absolute Gasteiger partial charge is 0.410 e. The maximum Gasteiger partial charge on any atom is 0.410 e. The second-order valence-corrected chi connectivity index (χ2v) is 6.92. The van der Waals surface area contributed by atoms with E-state index in [9.17, 15) is 4.79 Å². The third-order valence-corrected chi connectivity index (χ3v) is 3.63. The summed E-state index contributed by atoms with van der Waals surface area (Å²) in [4.78, 5) is 15.8. The number of nitrogens with zero attached hydrogens (tertiary/aromatic N) is 2. The van der Waals surface area contributed by atoms with Gasteiger partial charge in [-0.05, 0) is 33.6 Å². The van der Waals surface area contributed by atoms with E-state index in [0.29, 0.717) is 32.1 Å². The summed E-state index contributed by atoms with van der Waals surface area (Å²) in [7, 11) is 0. The molecule has 1 aliphatic heterocycles. The quantitative estimate of drug-likeness (QED) is 0.457. The SMILES string of the molecule is CC(C)(C)OC(=O)N1CCN(C(C#CC2CC2)C(=N)N)CC1. The number of carbonyl (C=O) groups is 1. The number of nitrogens with one attached hydrogen (secondary N) is 1. The molecule has 0 aromatic carbocycles. The molecule has 6 nitrogen and oxygen atoms in total. The average Bonchev–Trinajstić information content (AvgIpc) is 3.21. The summed E-state index contributed by atoms with van der Waals surface area (Å²) >= 11 is 0. The molecule has 0 aromatic rings. The summed E-state index contributed by atoms with van der Waals surface area (Å²) in [5.41, 5.74) is 5.21. The minimum absolute atomic E-state index is 0.0823. The van der Waals surface area contributed by atoms with Gasteiger partial charge < -0.3 is 15.4 Å². The molecular weight excluding hydrogens is 280 g/mol. The van der Waals surface area contributed by atoms with Crippen LogP contribution in [-0.2, 0) is 4.74 Å². The zero-order valence-electron chi connectivity index (χ0n) is 13.7. The molecule has 6 heteroatoms. The van der Waals surface area contributed by atoms with Crippen molar-refractivity contribution in [3.05, 3.63) is 0 Å². The van der Waals surface area contributed by atoms with Crippen molar-refractivity contribution in [3.63, 3.8) is 0 Å². The van der Waals surface area contributed by atoms with Crippen molar-refractivity contribution in [2.45, 2.75) is 45.3 Å². The monoisotopic (exact) mass is 306 g/mol. The van der Waals surface area contributed by atoms with Crippen LogP contribution < -0.4 is 5.73 Å². The molecule has 0 bridgehead atoms. The van der Waals surface area contributed by atoms with Crippen LogP contribution in [0.1, 0.15) is 33.6 Å². The molecule has 122 valence electrons. The zero-order valence-corrected chi connectivity index (χ0v) is 13.7. The summed E-state index contributed by atoms with van der Waals surface area (Å²) < 4.78 is 5.38. The Morgan fingerprint density at radius 1 is 1.27 bits per heavy atom. The topological polar surface area (TPSA) is 82.7 Å². The van der Waals surface area contributed by atoms with E-state index in [4.69, 9.17) is 15.9 Å². The molecule has 1 saturated carbocycles. The lowest BCUT2D eigenvalue weighted by molar-refractivity contribution is 0.0143. The molecule has 3 N–H and O–H groups in total. The highest BCUT2D eigenvalue weighted by atomic mass is 16.6. The van der Waals surface area contributed by atoms with Gasteiger partial charge in [0.1, 0.15) is 17.5 Å². The van der Waals surface area contributed by atoms with Crippen molar-refractivity contribution >= 4 is 11.9 Å². The molecular formula is C16H26N4O2. The summed E-state index contributed by atoms with van der Waals surface area (Å²) in [5, 5.41) is 7.73. The molecule has 0 aromatic heterocycles. The van der Waals surface area contributed by atoms with Crippen molar-refractivity contribution in [2.24, 2.45) is 11.7 Å². The number of amides is 1. The van der Waals surface area contributed by atoms with Crippen molar-refractivity contribution in [1.82, 2.24) is 9.80 Å². The first-order chi connectivity index (χ1) is 10.3. The lowest BCUT2D eigenvalue weighted by Gasteiger charge is -2.37. The van der Waals surface area contributed by atoms with Gasteiger partial charge in [-0.15, -0.1) is 0 Å². The Hall–Kier alpha value is -1.74. The fourth-order valence-corrected chi connectivity index (χ4v) is 2.28. The van der Waals surface area contributed by atoms with Gasteiger partial charge in [-0.3, -0.25) is 10.3 Å². The highest BCUT2D eigenvalue weighted by Crippen LogP contribution is 2.27. The number of hydrogen-bond acceptors (Lipinski definition) is 4. The molecule has 1 aliphatic carbocycles. The molecule has 2 fully saturated rings. The molecule has 22 heavy (non-hydrogen) atoms. The third-order valence-electron chi connectivity index (χ3n) is 3.63. The summed E-state index contributed by atoms with van der Waals surface area (Å²) in [5.74, 6) is 6.88. The van der Waals surface area contributed by atoms with Gasteiger partial charge in [0.25, 0.3) is 0 Å². The van der Waals surface area contributed by atoms with Gasteiger partial charge in [0.15, 0.2) is 0 Å². The Kier molecular flexibility index (Phi) is 4.97. The number of hydrogen-bond donors (Lipinski definition) is 2. The molecule has 1 heterocycles. The Morgan fingerprint density at radius 3 is 2.32 bits per heavy atom. The van der Waals surface area contributed by atoms with E-state index in [1.165, 1.54) is 0 Å². The van der Waals surface area contributed by atoms with Gasteiger partial charge in [0, 0.05) is 32.1 Å². The summed E-state index contributed by atoms with van der Waals surface area (Å²) in [6.45, 7) is 8.04. The number of piperazine rings is 1. The first-order valence-corrected chi connectivity index (χ1v) is 7.83. The lowest BCUT2D eigenvalue weighted by Crippen LogP contribution is -2.55. The second-order valence-electron chi connectivity index (χ2n) is 6.92. The standard InChI is InChI=1S/C16H26N4O2/c1-16(2,3)22-15(21)20-10-8-19(9-11-20)13(14(17)18)7-6-12-4-5-12/h12-13H,4-5,8-11H2,1-3H3,(H3,17,18). The number of carbonyl (C=O) groups excluding carboxylic acids is 1. The van der Waals surface area contributed by atoms with Gasteiger partial charge in [0.05, 0.1) is 0 Å². The number of ether oxygens (including phenoxy) is 1. The molecule has 0 radical (unpaired) electrons. The summed E-state index contributed by atoms with van der Waals surface area (Å²) in [6, 6.07) is -0.332. The Morgan fingerprint density at radius 2 is 1.86 bits per heavy atom. The number of amidine groups is 1. The van der Waals surface area contributed by atoms with Crippen LogP contribution in [0.2, 0.25) is 0 Å². The molecule has 1 unspecified atom stereocenters. The van der Waals surface area contributed by atoms with Crippen LogP contribution in [0.4, 0.5) is 4.79 Å². The minimum atomic E-state index is -0.480. The van der Waals surface area contributed by atoms with Crippen LogP contribution in [0.5, 0.6) is 0 Å². The maximum absolute atomic E-state index is 12.0. The van der Waals surface area contributed by atoms with Crippen LogP contribution in [0.15, 0.2) is 0 Å². The van der Waals surface area contributed by atoms with Gasteiger partial charge in [0.2, 0.25) is 0 Å². The van der Waals surface area contributed by atoms with E-state index in [1.54, 1.807) is 4.90 Å². The maximum atomic E-state index is 12.0. The van der Waals surface area contributed by atoms with Crippen LogP contribution in [0.3, 0.4) is 0 Å². The predicted octanol–water partition coefficient (Wildman–Crippen LogP) is 1.26. The van der Waals surface area contributed by atoms with Crippen molar-refractivity contribution in [1.29, 1.82) is 5.41 Å². The van der Waals surface area contributed by atoms with Crippen LogP contribution in [-0.4, -0.2) is 59.6 Å². The molecule has 1 amide bonds. The number of nitrogens with two attached hydrogens (primary N) is 1.